The molecule has 0 radical (unpaired) electrons. The van der Waals surface area contributed by atoms with Gasteiger partial charge in [-0.2, -0.15) is 12.7 Å². The Hall–Kier alpha value is -0.700. The van der Waals surface area contributed by atoms with E-state index in [4.69, 9.17) is 0 Å². The smallest absolute Gasteiger partial charge is 0.279 e. The van der Waals surface area contributed by atoms with Gasteiger partial charge in [-0.3, -0.25) is 0 Å². The summed E-state index contributed by atoms with van der Waals surface area (Å²) in [5, 5.41) is 3.12. The van der Waals surface area contributed by atoms with Crippen molar-refractivity contribution in [2.75, 3.05) is 37.6 Å². The van der Waals surface area contributed by atoms with Gasteiger partial charge in [0.05, 0.1) is 5.69 Å². The van der Waals surface area contributed by atoms with E-state index in [1.54, 1.807) is 15.6 Å². The van der Waals surface area contributed by atoms with Crippen molar-refractivity contribution < 1.29 is 8.42 Å². The molecular weight excluding hydrogens is 344 g/mol. The third-order valence-corrected chi connectivity index (χ3v) is 7.25. The molecule has 2 saturated heterocycles. The van der Waals surface area contributed by atoms with Crippen LogP contribution in [0, 0.1) is 11.8 Å². The molecule has 2 unspecified atom stereocenters. The third-order valence-electron chi connectivity index (χ3n) is 4.76. The lowest BCUT2D eigenvalue weighted by Gasteiger charge is -2.33. The van der Waals surface area contributed by atoms with Crippen molar-refractivity contribution in [3.05, 3.63) is 11.1 Å². The molecule has 0 aromatic carbocycles. The molecule has 8 heteroatoms. The molecule has 3 heterocycles. The number of thiazole rings is 1. The van der Waals surface area contributed by atoms with Crippen LogP contribution >= 0.6 is 11.3 Å². The topological polar surface area (TPSA) is 65.5 Å². The second-order valence-electron chi connectivity index (χ2n) is 7.23. The molecule has 24 heavy (non-hydrogen) atoms. The van der Waals surface area contributed by atoms with Crippen LogP contribution in [0.25, 0.3) is 0 Å². The summed E-state index contributed by atoms with van der Waals surface area (Å²) in [6.07, 6.45) is 4.22. The number of hydrogen-bond acceptors (Lipinski definition) is 5. The summed E-state index contributed by atoms with van der Waals surface area (Å²) in [4.78, 5) is 6.96. The first-order chi connectivity index (χ1) is 11.4. The molecule has 2 atom stereocenters. The van der Waals surface area contributed by atoms with E-state index in [1.807, 2.05) is 5.38 Å². The highest BCUT2D eigenvalue weighted by Gasteiger charge is 2.30. The van der Waals surface area contributed by atoms with Gasteiger partial charge in [0.15, 0.2) is 5.13 Å². The minimum absolute atomic E-state index is 0.408. The van der Waals surface area contributed by atoms with Crippen molar-refractivity contribution >= 4 is 26.7 Å². The number of anilines is 1. The molecule has 6 nitrogen and oxygen atoms in total. The lowest BCUT2D eigenvalue weighted by Crippen LogP contribution is -2.48. The number of aromatic nitrogens is 1. The SMILES string of the molecule is CC1CC(C)CN(S(=O)(=O)NCCc2csc(N3CCCC3)n2)C1. The Morgan fingerprint density at radius 1 is 1.25 bits per heavy atom. The molecule has 2 aliphatic heterocycles. The van der Waals surface area contributed by atoms with Gasteiger partial charge in [0, 0.05) is 44.5 Å². The van der Waals surface area contributed by atoms with E-state index >= 15 is 0 Å². The second kappa shape index (κ2) is 7.68. The van der Waals surface area contributed by atoms with E-state index in [2.05, 4.69) is 28.5 Å². The van der Waals surface area contributed by atoms with Gasteiger partial charge in [-0.25, -0.2) is 9.71 Å². The van der Waals surface area contributed by atoms with Gasteiger partial charge >= 0.3 is 0 Å². The van der Waals surface area contributed by atoms with E-state index < -0.39 is 10.2 Å². The highest BCUT2D eigenvalue weighted by Crippen LogP contribution is 2.25. The monoisotopic (exact) mass is 372 g/mol. The van der Waals surface area contributed by atoms with Gasteiger partial charge in [-0.05, 0) is 31.1 Å². The molecule has 0 bridgehead atoms. The number of piperidine rings is 1. The van der Waals surface area contributed by atoms with E-state index in [1.165, 1.54) is 12.8 Å². The standard InChI is InChI=1S/C16H28N4O2S2/c1-13-9-14(2)11-20(10-13)24(21,22)17-6-5-15-12-23-16(18-15)19-7-3-4-8-19/h12-14,17H,3-11H2,1-2H3. The largest absolute Gasteiger partial charge is 0.348 e. The minimum atomic E-state index is -3.38. The molecule has 3 rings (SSSR count). The van der Waals surface area contributed by atoms with Crippen molar-refractivity contribution in [3.8, 4) is 0 Å². The first kappa shape index (κ1) is 18.1. The van der Waals surface area contributed by atoms with Gasteiger partial charge in [0.1, 0.15) is 0 Å². The van der Waals surface area contributed by atoms with Gasteiger partial charge in [0.25, 0.3) is 10.2 Å². The maximum atomic E-state index is 12.5. The van der Waals surface area contributed by atoms with Crippen LogP contribution in [0.1, 0.15) is 38.8 Å². The van der Waals surface area contributed by atoms with E-state index in [-0.39, 0.29) is 0 Å². The van der Waals surface area contributed by atoms with Crippen molar-refractivity contribution in [1.29, 1.82) is 0 Å². The van der Waals surface area contributed by atoms with Crippen molar-refractivity contribution in [3.63, 3.8) is 0 Å². The average molecular weight is 373 g/mol. The lowest BCUT2D eigenvalue weighted by molar-refractivity contribution is 0.220. The molecule has 0 aliphatic carbocycles. The van der Waals surface area contributed by atoms with E-state index in [9.17, 15) is 8.42 Å². The summed E-state index contributed by atoms with van der Waals surface area (Å²) >= 11 is 1.66. The Morgan fingerprint density at radius 3 is 2.58 bits per heavy atom. The van der Waals surface area contributed by atoms with Crippen LogP contribution in [-0.4, -0.2) is 50.4 Å². The summed E-state index contributed by atoms with van der Waals surface area (Å²) < 4.78 is 29.3. The highest BCUT2D eigenvalue weighted by molar-refractivity contribution is 7.87. The Balaban J connectivity index is 1.50. The van der Waals surface area contributed by atoms with Crippen LogP contribution in [0.2, 0.25) is 0 Å². The van der Waals surface area contributed by atoms with E-state index in [0.717, 1.165) is 30.3 Å². The van der Waals surface area contributed by atoms with Gasteiger partial charge in [0.2, 0.25) is 0 Å². The molecule has 2 aliphatic rings. The number of nitrogens with zero attached hydrogens (tertiary/aromatic N) is 3. The molecular formula is C16H28N4O2S2. The van der Waals surface area contributed by atoms with Gasteiger partial charge < -0.3 is 4.90 Å². The Kier molecular flexibility index (Phi) is 5.79. The third kappa shape index (κ3) is 4.47. The fraction of sp³-hybridized carbons (Fsp3) is 0.812. The predicted octanol–water partition coefficient (Wildman–Crippen LogP) is 2.10. The van der Waals surface area contributed by atoms with Crippen LogP contribution in [-0.2, 0) is 16.6 Å². The van der Waals surface area contributed by atoms with E-state index in [0.29, 0.717) is 37.9 Å². The quantitative estimate of drug-likeness (QED) is 0.830. The Bertz CT molecular complexity index is 630. The zero-order valence-corrected chi connectivity index (χ0v) is 16.2. The second-order valence-corrected chi connectivity index (χ2v) is 9.82. The summed E-state index contributed by atoms with van der Waals surface area (Å²) in [5.41, 5.74) is 0.977. The highest BCUT2D eigenvalue weighted by atomic mass is 32.2. The van der Waals surface area contributed by atoms with Crippen LogP contribution in [0.5, 0.6) is 0 Å². The van der Waals surface area contributed by atoms with Crippen LogP contribution in [0.4, 0.5) is 5.13 Å². The number of hydrogen-bond donors (Lipinski definition) is 1. The number of nitrogens with one attached hydrogen (secondary N) is 1. The molecule has 0 spiro atoms. The molecule has 136 valence electrons. The minimum Gasteiger partial charge on any atom is -0.348 e. The Morgan fingerprint density at radius 2 is 1.92 bits per heavy atom. The normalized spacial score (nSPS) is 26.2. The molecule has 1 N–H and O–H groups in total. The molecule has 2 fully saturated rings. The summed E-state index contributed by atoms with van der Waals surface area (Å²) in [6, 6.07) is 0. The molecule has 1 aromatic heterocycles. The van der Waals surface area contributed by atoms with Crippen LogP contribution in [0.15, 0.2) is 5.38 Å². The molecule has 1 aromatic rings. The lowest BCUT2D eigenvalue weighted by atomic mass is 9.94. The fourth-order valence-electron chi connectivity index (χ4n) is 3.67. The molecule has 0 amide bonds. The van der Waals surface area contributed by atoms with Crippen LogP contribution < -0.4 is 9.62 Å². The zero-order valence-electron chi connectivity index (χ0n) is 14.6. The van der Waals surface area contributed by atoms with Crippen LogP contribution in [0.3, 0.4) is 0 Å². The Labute approximate surface area is 149 Å². The average Bonchev–Trinajstić information content (AvgIpc) is 3.17. The van der Waals surface area contributed by atoms with Crippen molar-refractivity contribution in [2.45, 2.75) is 39.5 Å². The summed E-state index contributed by atoms with van der Waals surface area (Å²) in [7, 11) is -3.38. The summed E-state index contributed by atoms with van der Waals surface area (Å²) in [5.74, 6) is 0.846. The fourth-order valence-corrected chi connectivity index (χ4v) is 6.02. The number of rotatable bonds is 6. The van der Waals surface area contributed by atoms with Gasteiger partial charge in [-0.15, -0.1) is 11.3 Å². The van der Waals surface area contributed by atoms with Gasteiger partial charge in [-0.1, -0.05) is 13.8 Å². The van der Waals surface area contributed by atoms with Crippen molar-refractivity contribution in [2.24, 2.45) is 11.8 Å². The maximum Gasteiger partial charge on any atom is 0.279 e. The molecule has 0 saturated carbocycles. The van der Waals surface area contributed by atoms with Crippen molar-refractivity contribution in [1.82, 2.24) is 14.0 Å². The zero-order chi connectivity index (χ0) is 17.2. The first-order valence-electron chi connectivity index (χ1n) is 8.88. The predicted molar refractivity (Wildman–Crippen MR) is 98.7 cm³/mol. The first-order valence-corrected chi connectivity index (χ1v) is 11.2. The summed E-state index contributed by atoms with van der Waals surface area (Å²) in [6.45, 7) is 8.06. The maximum absolute atomic E-state index is 12.5.